The number of nitrogens with one attached hydrogen (secondary N) is 2. The molecule has 0 unspecified atom stereocenters. The lowest BCUT2D eigenvalue weighted by molar-refractivity contribution is -0.115. The Morgan fingerprint density at radius 1 is 1.09 bits per heavy atom. The molecule has 120 valence electrons. The predicted molar refractivity (Wildman–Crippen MR) is 87.1 cm³/mol. The Bertz CT molecular complexity index is 674. The van der Waals surface area contributed by atoms with Crippen LogP contribution >= 0.6 is 0 Å². The van der Waals surface area contributed by atoms with Crippen molar-refractivity contribution in [2.24, 2.45) is 17.8 Å². The highest BCUT2D eigenvalue weighted by Gasteiger charge is 2.51. The molecule has 0 saturated heterocycles. The Morgan fingerprint density at radius 2 is 1.74 bits per heavy atom. The fourth-order valence-electron chi connectivity index (χ4n) is 5.95. The Hall–Kier alpha value is -1.84. The zero-order valence-corrected chi connectivity index (χ0v) is 13.2. The van der Waals surface area contributed by atoms with Gasteiger partial charge in [0, 0.05) is 16.8 Å². The number of carbonyl (C=O) groups excluding carboxylic acids is 2. The van der Waals surface area contributed by atoms with Crippen LogP contribution in [-0.4, -0.2) is 17.4 Å². The van der Waals surface area contributed by atoms with E-state index in [2.05, 4.69) is 10.6 Å². The minimum Gasteiger partial charge on any atom is -0.347 e. The molecule has 4 saturated carbocycles. The van der Waals surface area contributed by atoms with Crippen LogP contribution in [0.3, 0.4) is 0 Å². The van der Waals surface area contributed by atoms with E-state index in [0.29, 0.717) is 12.0 Å². The topological polar surface area (TPSA) is 58.2 Å². The van der Waals surface area contributed by atoms with Gasteiger partial charge in [-0.3, -0.25) is 9.59 Å². The lowest BCUT2D eigenvalue weighted by atomic mass is 9.53. The summed E-state index contributed by atoms with van der Waals surface area (Å²) in [7, 11) is 0. The van der Waals surface area contributed by atoms with Crippen LogP contribution in [0.4, 0.5) is 5.69 Å². The van der Waals surface area contributed by atoms with Crippen molar-refractivity contribution in [1.29, 1.82) is 0 Å². The molecule has 4 nitrogen and oxygen atoms in total. The first-order chi connectivity index (χ1) is 11.1. The Morgan fingerprint density at radius 3 is 2.39 bits per heavy atom. The molecule has 4 aliphatic carbocycles. The van der Waals surface area contributed by atoms with Crippen molar-refractivity contribution < 1.29 is 9.59 Å². The fourth-order valence-corrected chi connectivity index (χ4v) is 5.95. The number of rotatable bonds is 2. The number of amides is 2. The Labute approximate surface area is 136 Å². The van der Waals surface area contributed by atoms with Gasteiger partial charge in [-0.1, -0.05) is 0 Å². The minimum atomic E-state index is 0.0126. The molecule has 2 N–H and O–H groups in total. The van der Waals surface area contributed by atoms with Gasteiger partial charge in [-0.15, -0.1) is 0 Å². The highest BCUT2D eigenvalue weighted by atomic mass is 16.2. The van der Waals surface area contributed by atoms with Gasteiger partial charge < -0.3 is 10.6 Å². The number of hydrogen-bond donors (Lipinski definition) is 2. The fraction of sp³-hybridized carbons (Fsp3) is 0.579. The quantitative estimate of drug-likeness (QED) is 0.882. The Kier molecular flexibility index (Phi) is 2.71. The first-order valence-electron chi connectivity index (χ1n) is 8.84. The van der Waals surface area contributed by atoms with E-state index in [4.69, 9.17) is 0 Å². The van der Waals surface area contributed by atoms with Gasteiger partial charge in [0.25, 0.3) is 5.91 Å². The number of benzene rings is 1. The van der Waals surface area contributed by atoms with E-state index in [9.17, 15) is 9.59 Å². The first-order valence-corrected chi connectivity index (χ1v) is 8.84. The van der Waals surface area contributed by atoms with E-state index in [1.165, 1.54) is 19.3 Å². The van der Waals surface area contributed by atoms with Crippen molar-refractivity contribution in [3.8, 4) is 0 Å². The largest absolute Gasteiger partial charge is 0.347 e. The summed E-state index contributed by atoms with van der Waals surface area (Å²) in [6.45, 7) is 0. The minimum absolute atomic E-state index is 0.0126. The van der Waals surface area contributed by atoms with Gasteiger partial charge in [0.2, 0.25) is 5.91 Å². The molecule has 23 heavy (non-hydrogen) atoms. The molecule has 6 rings (SSSR count). The normalized spacial score (nSPS) is 36.7. The second kappa shape index (κ2) is 4.59. The number of anilines is 1. The summed E-state index contributed by atoms with van der Waals surface area (Å²) < 4.78 is 0. The molecule has 4 fully saturated rings. The number of fused-ring (bicyclic) bond motifs is 1. The standard InChI is InChI=1S/C19H22N2O2/c22-17-7-15-6-14(1-2-16(15)20-17)18(23)21-19-8-11-3-12(9-19)5-13(4-11)10-19/h1-2,6,11-13H,3-5,7-10H2,(H,20,22)(H,21,23). The van der Waals surface area contributed by atoms with Gasteiger partial charge in [0.1, 0.15) is 0 Å². The van der Waals surface area contributed by atoms with Crippen LogP contribution < -0.4 is 10.6 Å². The van der Waals surface area contributed by atoms with Gasteiger partial charge in [0.15, 0.2) is 0 Å². The van der Waals surface area contributed by atoms with E-state index < -0.39 is 0 Å². The van der Waals surface area contributed by atoms with Crippen LogP contribution in [0, 0.1) is 17.8 Å². The monoisotopic (exact) mass is 310 g/mol. The van der Waals surface area contributed by atoms with Crippen molar-refractivity contribution in [3.05, 3.63) is 29.3 Å². The van der Waals surface area contributed by atoms with Crippen molar-refractivity contribution in [2.75, 3.05) is 5.32 Å². The molecule has 1 heterocycles. The second-order valence-corrected chi connectivity index (χ2v) is 8.25. The second-order valence-electron chi connectivity index (χ2n) is 8.25. The lowest BCUT2D eigenvalue weighted by Crippen LogP contribution is -2.59. The molecule has 2 amide bonds. The van der Waals surface area contributed by atoms with E-state index in [-0.39, 0.29) is 17.4 Å². The summed E-state index contributed by atoms with van der Waals surface area (Å²) in [6, 6.07) is 5.57. The molecule has 0 aromatic heterocycles. The van der Waals surface area contributed by atoms with Crippen molar-refractivity contribution in [1.82, 2.24) is 5.32 Å². The highest BCUT2D eigenvalue weighted by Crippen LogP contribution is 2.55. The summed E-state index contributed by atoms with van der Waals surface area (Å²) in [4.78, 5) is 24.3. The summed E-state index contributed by atoms with van der Waals surface area (Å²) in [5, 5.41) is 6.22. The molecule has 1 aromatic carbocycles. The average molecular weight is 310 g/mol. The zero-order valence-electron chi connectivity index (χ0n) is 13.2. The first kappa shape index (κ1) is 13.6. The van der Waals surface area contributed by atoms with E-state index >= 15 is 0 Å². The molecule has 0 radical (unpaired) electrons. The summed E-state index contributed by atoms with van der Waals surface area (Å²) in [5.74, 6) is 2.52. The summed E-state index contributed by atoms with van der Waals surface area (Å²) in [5.41, 5.74) is 2.52. The molecule has 1 aliphatic heterocycles. The zero-order chi connectivity index (χ0) is 15.6. The molecule has 0 spiro atoms. The van der Waals surface area contributed by atoms with Crippen molar-refractivity contribution >= 4 is 17.5 Å². The Balaban J connectivity index is 1.38. The maximum atomic E-state index is 12.8. The van der Waals surface area contributed by atoms with Crippen LogP contribution in [0.1, 0.15) is 54.4 Å². The van der Waals surface area contributed by atoms with Gasteiger partial charge in [-0.05, 0) is 80.0 Å². The van der Waals surface area contributed by atoms with E-state index in [1.54, 1.807) is 0 Å². The van der Waals surface area contributed by atoms with Crippen LogP contribution in [-0.2, 0) is 11.2 Å². The predicted octanol–water partition coefficient (Wildman–Crippen LogP) is 2.88. The maximum Gasteiger partial charge on any atom is 0.251 e. The SMILES string of the molecule is O=C1Cc2cc(C(=O)NC34CC5CC(CC(C5)C3)C4)ccc2N1. The third kappa shape index (κ3) is 2.19. The third-order valence-electron chi connectivity index (χ3n) is 6.41. The van der Waals surface area contributed by atoms with Crippen LogP contribution in [0.5, 0.6) is 0 Å². The molecule has 0 atom stereocenters. The molecule has 4 heteroatoms. The van der Waals surface area contributed by atoms with E-state index in [1.807, 2.05) is 18.2 Å². The molecule has 5 aliphatic rings. The van der Waals surface area contributed by atoms with Crippen molar-refractivity contribution in [3.63, 3.8) is 0 Å². The van der Waals surface area contributed by atoms with Crippen molar-refractivity contribution in [2.45, 2.75) is 50.5 Å². The summed E-state index contributed by atoms with van der Waals surface area (Å²) in [6.07, 6.45) is 8.00. The van der Waals surface area contributed by atoms with Crippen LogP contribution in [0.2, 0.25) is 0 Å². The van der Waals surface area contributed by atoms with Gasteiger partial charge in [-0.2, -0.15) is 0 Å². The van der Waals surface area contributed by atoms with Crippen LogP contribution in [0.15, 0.2) is 18.2 Å². The van der Waals surface area contributed by atoms with Gasteiger partial charge in [-0.25, -0.2) is 0 Å². The molecular weight excluding hydrogens is 288 g/mol. The lowest BCUT2D eigenvalue weighted by Gasteiger charge is -2.56. The summed E-state index contributed by atoms with van der Waals surface area (Å²) >= 11 is 0. The smallest absolute Gasteiger partial charge is 0.251 e. The number of hydrogen-bond acceptors (Lipinski definition) is 2. The van der Waals surface area contributed by atoms with Gasteiger partial charge in [0.05, 0.1) is 6.42 Å². The highest BCUT2D eigenvalue weighted by molar-refractivity contribution is 6.01. The number of carbonyl (C=O) groups is 2. The molecule has 1 aromatic rings. The molecule has 4 bridgehead atoms. The average Bonchev–Trinajstić information content (AvgIpc) is 2.84. The maximum absolute atomic E-state index is 12.8. The van der Waals surface area contributed by atoms with Crippen LogP contribution in [0.25, 0.3) is 0 Å². The third-order valence-corrected chi connectivity index (χ3v) is 6.41. The van der Waals surface area contributed by atoms with Gasteiger partial charge >= 0.3 is 0 Å². The molecular formula is C19H22N2O2. The van der Waals surface area contributed by atoms with E-state index in [0.717, 1.165) is 48.3 Å².